The van der Waals surface area contributed by atoms with Gasteiger partial charge in [-0.05, 0) is 29.7 Å². The quantitative estimate of drug-likeness (QED) is 0.658. The molecule has 2 aromatic rings. The molecule has 0 saturated carbocycles. The van der Waals surface area contributed by atoms with Gasteiger partial charge in [0.1, 0.15) is 6.04 Å². The van der Waals surface area contributed by atoms with Gasteiger partial charge in [-0.1, -0.05) is 48.5 Å². The first-order valence-electron chi connectivity index (χ1n) is 7.30. The molecular formula is C19H19NO3. The minimum absolute atomic E-state index is 0.318. The van der Waals surface area contributed by atoms with E-state index in [1.807, 2.05) is 42.5 Å². The summed E-state index contributed by atoms with van der Waals surface area (Å²) in [5.41, 5.74) is 2.60. The highest BCUT2D eigenvalue weighted by molar-refractivity contribution is 5.97. The second-order valence-electron chi connectivity index (χ2n) is 5.02. The van der Waals surface area contributed by atoms with Crippen LogP contribution in [0, 0.1) is 0 Å². The number of nitrogens with one attached hydrogen (secondary N) is 1. The van der Waals surface area contributed by atoms with E-state index in [1.165, 1.54) is 7.11 Å². The zero-order valence-electron chi connectivity index (χ0n) is 13.0. The Hall–Kier alpha value is -2.88. The second kappa shape index (κ2) is 7.94. The van der Waals surface area contributed by atoms with Crippen molar-refractivity contribution in [2.24, 2.45) is 0 Å². The lowest BCUT2D eigenvalue weighted by molar-refractivity contribution is -0.142. The van der Waals surface area contributed by atoms with Crippen LogP contribution in [0.25, 0.3) is 11.1 Å². The van der Waals surface area contributed by atoms with Crippen LogP contribution in [0.4, 0.5) is 0 Å². The van der Waals surface area contributed by atoms with Gasteiger partial charge in [0.2, 0.25) is 0 Å². The SMILES string of the molecule is C=CC[C@H](NC(=O)c1ccc(-c2ccccc2)cc1)C(=O)OC. The van der Waals surface area contributed by atoms with Gasteiger partial charge in [-0.15, -0.1) is 6.58 Å². The number of rotatable bonds is 6. The van der Waals surface area contributed by atoms with Gasteiger partial charge < -0.3 is 10.1 Å². The molecule has 0 fully saturated rings. The molecule has 0 aromatic heterocycles. The van der Waals surface area contributed by atoms with Crippen molar-refractivity contribution in [2.75, 3.05) is 7.11 Å². The van der Waals surface area contributed by atoms with Crippen LogP contribution >= 0.6 is 0 Å². The summed E-state index contributed by atoms with van der Waals surface area (Å²) >= 11 is 0. The molecule has 4 nitrogen and oxygen atoms in total. The fraction of sp³-hybridized carbons (Fsp3) is 0.158. The molecule has 4 heteroatoms. The zero-order valence-corrected chi connectivity index (χ0v) is 13.0. The Balaban J connectivity index is 2.10. The fourth-order valence-corrected chi connectivity index (χ4v) is 2.21. The van der Waals surface area contributed by atoms with E-state index in [2.05, 4.69) is 16.6 Å². The topological polar surface area (TPSA) is 55.4 Å². The van der Waals surface area contributed by atoms with E-state index in [0.29, 0.717) is 12.0 Å². The molecule has 2 rings (SSSR count). The van der Waals surface area contributed by atoms with Gasteiger partial charge in [-0.2, -0.15) is 0 Å². The summed E-state index contributed by atoms with van der Waals surface area (Å²) < 4.78 is 4.68. The van der Waals surface area contributed by atoms with Crippen LogP contribution in [0.1, 0.15) is 16.8 Å². The largest absolute Gasteiger partial charge is 0.467 e. The lowest BCUT2D eigenvalue weighted by Gasteiger charge is -2.14. The number of ether oxygens (including phenoxy) is 1. The summed E-state index contributed by atoms with van der Waals surface area (Å²) in [7, 11) is 1.29. The number of benzene rings is 2. The third-order valence-electron chi connectivity index (χ3n) is 3.45. The molecule has 1 atom stereocenters. The molecule has 23 heavy (non-hydrogen) atoms. The molecule has 0 aliphatic rings. The first-order chi connectivity index (χ1) is 11.2. The summed E-state index contributed by atoms with van der Waals surface area (Å²) in [5, 5.41) is 2.66. The van der Waals surface area contributed by atoms with Crippen molar-refractivity contribution in [3.8, 4) is 11.1 Å². The van der Waals surface area contributed by atoms with Gasteiger partial charge in [0, 0.05) is 5.56 Å². The van der Waals surface area contributed by atoms with Crippen LogP contribution in [-0.2, 0) is 9.53 Å². The third kappa shape index (κ3) is 4.30. The first kappa shape index (κ1) is 16.5. The van der Waals surface area contributed by atoms with Crippen LogP contribution in [0.5, 0.6) is 0 Å². The van der Waals surface area contributed by atoms with E-state index >= 15 is 0 Å². The van der Waals surface area contributed by atoms with Crippen LogP contribution in [-0.4, -0.2) is 25.0 Å². The van der Waals surface area contributed by atoms with Crippen molar-refractivity contribution in [1.29, 1.82) is 0 Å². The smallest absolute Gasteiger partial charge is 0.328 e. The fourth-order valence-electron chi connectivity index (χ4n) is 2.21. The minimum atomic E-state index is -0.723. The summed E-state index contributed by atoms with van der Waals surface area (Å²) in [4.78, 5) is 23.9. The molecule has 2 aromatic carbocycles. The normalized spacial score (nSPS) is 11.3. The molecule has 0 bridgehead atoms. The zero-order chi connectivity index (χ0) is 16.7. The molecule has 0 radical (unpaired) electrons. The molecule has 0 spiro atoms. The Labute approximate surface area is 135 Å². The van der Waals surface area contributed by atoms with E-state index in [4.69, 9.17) is 0 Å². The third-order valence-corrected chi connectivity index (χ3v) is 3.45. The minimum Gasteiger partial charge on any atom is -0.467 e. The summed E-state index contributed by atoms with van der Waals surface area (Å²) in [6, 6.07) is 16.4. The molecule has 1 amide bonds. The van der Waals surface area contributed by atoms with E-state index in [9.17, 15) is 9.59 Å². The standard InChI is InChI=1S/C19H19NO3/c1-3-7-17(19(22)23-2)20-18(21)16-12-10-15(11-13-16)14-8-5-4-6-9-14/h3-6,8-13,17H,1,7H2,2H3,(H,20,21)/t17-/m0/s1. The molecule has 0 saturated heterocycles. The average molecular weight is 309 g/mol. The van der Waals surface area contributed by atoms with Gasteiger partial charge in [-0.3, -0.25) is 4.79 Å². The maximum atomic E-state index is 12.2. The highest BCUT2D eigenvalue weighted by Gasteiger charge is 2.20. The molecule has 0 aliphatic carbocycles. The van der Waals surface area contributed by atoms with Gasteiger partial charge in [-0.25, -0.2) is 4.79 Å². The lowest BCUT2D eigenvalue weighted by Crippen LogP contribution is -2.41. The van der Waals surface area contributed by atoms with Crippen LogP contribution in [0.2, 0.25) is 0 Å². The molecule has 1 N–H and O–H groups in total. The van der Waals surface area contributed by atoms with Crippen LogP contribution in [0.3, 0.4) is 0 Å². The van der Waals surface area contributed by atoms with E-state index in [1.54, 1.807) is 18.2 Å². The Morgan fingerprint density at radius 2 is 1.70 bits per heavy atom. The number of hydrogen-bond donors (Lipinski definition) is 1. The van der Waals surface area contributed by atoms with Gasteiger partial charge >= 0.3 is 5.97 Å². The first-order valence-corrected chi connectivity index (χ1v) is 7.30. The predicted octanol–water partition coefficient (Wildman–Crippen LogP) is 3.20. The summed E-state index contributed by atoms with van der Waals surface area (Å²) in [5.74, 6) is -0.805. The summed E-state index contributed by atoms with van der Waals surface area (Å²) in [6.07, 6.45) is 1.89. The molecule has 118 valence electrons. The van der Waals surface area contributed by atoms with Crippen molar-refractivity contribution < 1.29 is 14.3 Å². The van der Waals surface area contributed by atoms with E-state index < -0.39 is 12.0 Å². The van der Waals surface area contributed by atoms with Crippen molar-refractivity contribution in [2.45, 2.75) is 12.5 Å². The average Bonchev–Trinajstić information content (AvgIpc) is 2.61. The lowest BCUT2D eigenvalue weighted by atomic mass is 10.0. The number of carbonyl (C=O) groups excluding carboxylic acids is 2. The number of amides is 1. The molecule has 0 aliphatic heterocycles. The Bertz CT molecular complexity index is 678. The van der Waals surface area contributed by atoms with Gasteiger partial charge in [0.15, 0.2) is 0 Å². The maximum Gasteiger partial charge on any atom is 0.328 e. The second-order valence-corrected chi connectivity index (χ2v) is 5.02. The van der Waals surface area contributed by atoms with Crippen molar-refractivity contribution >= 4 is 11.9 Å². The molecule has 0 heterocycles. The van der Waals surface area contributed by atoms with Crippen LogP contribution in [0.15, 0.2) is 67.3 Å². The van der Waals surface area contributed by atoms with Gasteiger partial charge in [0.05, 0.1) is 7.11 Å². The highest BCUT2D eigenvalue weighted by atomic mass is 16.5. The van der Waals surface area contributed by atoms with Gasteiger partial charge in [0.25, 0.3) is 5.91 Å². The predicted molar refractivity (Wildman–Crippen MR) is 90.0 cm³/mol. The monoisotopic (exact) mass is 309 g/mol. The number of methoxy groups -OCH3 is 1. The maximum absolute atomic E-state index is 12.2. The molecular weight excluding hydrogens is 290 g/mol. The molecule has 0 unspecified atom stereocenters. The van der Waals surface area contributed by atoms with Crippen LogP contribution < -0.4 is 5.32 Å². The number of hydrogen-bond acceptors (Lipinski definition) is 3. The van der Waals surface area contributed by atoms with Crippen molar-refractivity contribution in [3.05, 3.63) is 72.8 Å². The Morgan fingerprint density at radius 3 is 2.26 bits per heavy atom. The Morgan fingerprint density at radius 1 is 1.09 bits per heavy atom. The van der Waals surface area contributed by atoms with E-state index in [-0.39, 0.29) is 5.91 Å². The van der Waals surface area contributed by atoms with Crippen molar-refractivity contribution in [1.82, 2.24) is 5.32 Å². The van der Waals surface area contributed by atoms with E-state index in [0.717, 1.165) is 11.1 Å². The van der Waals surface area contributed by atoms with Crippen molar-refractivity contribution in [3.63, 3.8) is 0 Å². The highest BCUT2D eigenvalue weighted by Crippen LogP contribution is 2.19. The summed E-state index contributed by atoms with van der Waals surface area (Å²) in [6.45, 7) is 3.58. The Kier molecular flexibility index (Phi) is 5.69. The number of carbonyl (C=O) groups is 2. The number of esters is 1.